The maximum absolute atomic E-state index is 12.6. The molecule has 2 fully saturated rings. The Hall–Kier alpha value is -2.31. The number of rotatable bonds is 5. The number of esters is 1. The fourth-order valence-electron chi connectivity index (χ4n) is 4.24. The zero-order valence-electron chi connectivity index (χ0n) is 15.5. The van der Waals surface area contributed by atoms with Crippen LogP contribution in [0.4, 0.5) is 0 Å². The molecule has 0 aromatic heterocycles. The predicted molar refractivity (Wildman–Crippen MR) is 94.2 cm³/mol. The molecule has 2 amide bonds. The third kappa shape index (κ3) is 4.51. The molecule has 0 bridgehead atoms. The second kappa shape index (κ2) is 8.15. The summed E-state index contributed by atoms with van der Waals surface area (Å²) in [7, 11) is 0. The number of nitrogens with zero attached hydrogens (tertiary/aromatic N) is 1. The quantitative estimate of drug-likeness (QED) is 0.535. The van der Waals surface area contributed by atoms with Crippen LogP contribution in [0.2, 0.25) is 0 Å². The van der Waals surface area contributed by atoms with E-state index >= 15 is 0 Å². The summed E-state index contributed by atoms with van der Waals surface area (Å²) in [6.45, 7) is 1.99. The van der Waals surface area contributed by atoms with Crippen molar-refractivity contribution in [1.82, 2.24) is 4.90 Å². The topological polar surface area (TPSA) is 97.8 Å². The van der Waals surface area contributed by atoms with Crippen molar-refractivity contribution in [3.63, 3.8) is 0 Å². The average Bonchev–Trinajstić information content (AvgIpc) is 2.96. The standard InChI is InChI=1S/C20H25NO6/c1-12(16-10-15(22)5-6-17(16)23)27-20(26)14-4-2-3-13(9-14)11-21-18(24)7-8-19(21)25/h7-8,12-14,16H,2-6,9-11H2,1H3. The SMILES string of the molecule is CC(OC(=O)C1CCCC(CN2C(=O)C=CC2=O)C1)C1CC(=O)CCC1=O. The molecule has 3 aliphatic rings. The minimum atomic E-state index is -0.611. The van der Waals surface area contributed by atoms with E-state index in [-0.39, 0.29) is 60.4 Å². The summed E-state index contributed by atoms with van der Waals surface area (Å²) >= 11 is 0. The summed E-state index contributed by atoms with van der Waals surface area (Å²) in [5.74, 6) is -1.73. The summed E-state index contributed by atoms with van der Waals surface area (Å²) in [4.78, 5) is 60.9. The Morgan fingerprint density at radius 1 is 1.15 bits per heavy atom. The van der Waals surface area contributed by atoms with Crippen LogP contribution in [0, 0.1) is 17.8 Å². The Labute approximate surface area is 158 Å². The van der Waals surface area contributed by atoms with Gasteiger partial charge in [-0.25, -0.2) is 0 Å². The minimum absolute atomic E-state index is 0.0185. The van der Waals surface area contributed by atoms with Crippen LogP contribution >= 0.6 is 0 Å². The molecule has 0 spiro atoms. The maximum Gasteiger partial charge on any atom is 0.309 e. The van der Waals surface area contributed by atoms with Crippen LogP contribution in [0.3, 0.4) is 0 Å². The highest BCUT2D eigenvalue weighted by Gasteiger charge is 2.37. The van der Waals surface area contributed by atoms with Gasteiger partial charge in [-0.05, 0) is 32.1 Å². The lowest BCUT2D eigenvalue weighted by Crippen LogP contribution is -2.39. The van der Waals surface area contributed by atoms with Crippen LogP contribution in [-0.2, 0) is 28.7 Å². The van der Waals surface area contributed by atoms with Crippen molar-refractivity contribution < 1.29 is 28.7 Å². The Bertz CT molecular complexity index is 679. The number of carbonyl (C=O) groups excluding carboxylic acids is 5. The van der Waals surface area contributed by atoms with Gasteiger partial charge in [0, 0.05) is 38.0 Å². The molecule has 27 heavy (non-hydrogen) atoms. The van der Waals surface area contributed by atoms with Crippen LogP contribution in [0.25, 0.3) is 0 Å². The molecule has 2 saturated carbocycles. The van der Waals surface area contributed by atoms with Gasteiger partial charge in [-0.1, -0.05) is 6.42 Å². The van der Waals surface area contributed by atoms with Crippen LogP contribution < -0.4 is 0 Å². The number of Topliss-reactive ketones (excluding diaryl/α,β-unsaturated/α-hetero) is 2. The Morgan fingerprint density at radius 2 is 1.85 bits per heavy atom. The van der Waals surface area contributed by atoms with Crippen LogP contribution in [-0.4, -0.2) is 46.9 Å². The molecule has 0 aromatic carbocycles. The first-order valence-corrected chi connectivity index (χ1v) is 9.63. The summed E-state index contributed by atoms with van der Waals surface area (Å²) in [5, 5.41) is 0. The van der Waals surface area contributed by atoms with E-state index in [1.54, 1.807) is 6.92 Å². The lowest BCUT2D eigenvalue weighted by Gasteiger charge is -2.32. The van der Waals surface area contributed by atoms with Crippen LogP contribution in [0.1, 0.15) is 51.9 Å². The van der Waals surface area contributed by atoms with E-state index in [0.717, 1.165) is 12.8 Å². The van der Waals surface area contributed by atoms with Crippen molar-refractivity contribution in [3.8, 4) is 0 Å². The second-order valence-corrected chi connectivity index (χ2v) is 7.81. The van der Waals surface area contributed by atoms with Gasteiger partial charge in [-0.3, -0.25) is 28.9 Å². The molecule has 0 saturated heterocycles. The number of carbonyl (C=O) groups is 5. The Morgan fingerprint density at radius 3 is 2.56 bits per heavy atom. The van der Waals surface area contributed by atoms with Gasteiger partial charge in [-0.2, -0.15) is 0 Å². The van der Waals surface area contributed by atoms with Crippen molar-refractivity contribution in [2.45, 2.75) is 58.0 Å². The smallest absolute Gasteiger partial charge is 0.309 e. The Kier molecular flexibility index (Phi) is 5.87. The lowest BCUT2D eigenvalue weighted by atomic mass is 9.80. The number of hydrogen-bond donors (Lipinski definition) is 0. The molecule has 2 aliphatic carbocycles. The molecule has 0 aromatic rings. The molecule has 3 rings (SSSR count). The highest BCUT2D eigenvalue weighted by Crippen LogP contribution is 2.32. The van der Waals surface area contributed by atoms with Crippen molar-refractivity contribution in [2.24, 2.45) is 17.8 Å². The first-order valence-electron chi connectivity index (χ1n) is 9.63. The molecule has 7 heteroatoms. The third-order valence-electron chi connectivity index (χ3n) is 5.84. The number of amides is 2. The van der Waals surface area contributed by atoms with Gasteiger partial charge in [0.15, 0.2) is 0 Å². The van der Waals surface area contributed by atoms with Gasteiger partial charge in [0.05, 0.1) is 11.8 Å². The van der Waals surface area contributed by atoms with Gasteiger partial charge < -0.3 is 4.74 Å². The highest BCUT2D eigenvalue weighted by atomic mass is 16.5. The molecule has 4 atom stereocenters. The summed E-state index contributed by atoms with van der Waals surface area (Å²) in [6, 6.07) is 0. The van der Waals surface area contributed by atoms with Gasteiger partial charge in [0.2, 0.25) is 0 Å². The van der Waals surface area contributed by atoms with Crippen molar-refractivity contribution >= 4 is 29.4 Å². The normalized spacial score (nSPS) is 30.0. The van der Waals surface area contributed by atoms with Crippen LogP contribution in [0.5, 0.6) is 0 Å². The summed E-state index contributed by atoms with van der Waals surface area (Å²) in [5.41, 5.74) is 0. The number of ether oxygens (including phenoxy) is 1. The zero-order valence-corrected chi connectivity index (χ0v) is 15.5. The average molecular weight is 375 g/mol. The van der Waals surface area contributed by atoms with Crippen molar-refractivity contribution in [2.75, 3.05) is 6.54 Å². The molecule has 0 radical (unpaired) electrons. The van der Waals surface area contributed by atoms with Crippen molar-refractivity contribution in [3.05, 3.63) is 12.2 Å². The molecule has 7 nitrogen and oxygen atoms in total. The largest absolute Gasteiger partial charge is 0.462 e. The van der Waals surface area contributed by atoms with E-state index < -0.39 is 12.0 Å². The minimum Gasteiger partial charge on any atom is -0.462 e. The van der Waals surface area contributed by atoms with E-state index in [1.807, 2.05) is 0 Å². The number of imide groups is 1. The molecule has 146 valence electrons. The molecular formula is C20H25NO6. The first kappa shape index (κ1) is 19.5. The van der Waals surface area contributed by atoms with Gasteiger partial charge in [0.25, 0.3) is 11.8 Å². The number of hydrogen-bond acceptors (Lipinski definition) is 6. The lowest BCUT2D eigenvalue weighted by molar-refractivity contribution is -0.160. The molecule has 4 unspecified atom stereocenters. The molecular weight excluding hydrogens is 350 g/mol. The van der Waals surface area contributed by atoms with E-state index in [1.165, 1.54) is 17.1 Å². The fourth-order valence-corrected chi connectivity index (χ4v) is 4.24. The first-order chi connectivity index (χ1) is 12.8. The van der Waals surface area contributed by atoms with E-state index in [0.29, 0.717) is 19.4 Å². The van der Waals surface area contributed by atoms with Gasteiger partial charge in [0.1, 0.15) is 17.7 Å². The van der Waals surface area contributed by atoms with E-state index in [4.69, 9.17) is 4.74 Å². The fraction of sp³-hybridized carbons (Fsp3) is 0.650. The van der Waals surface area contributed by atoms with E-state index in [9.17, 15) is 24.0 Å². The summed E-state index contributed by atoms with van der Waals surface area (Å²) in [6.07, 6.45) is 5.50. The molecule has 1 aliphatic heterocycles. The molecule has 0 N–H and O–H groups in total. The second-order valence-electron chi connectivity index (χ2n) is 7.81. The summed E-state index contributed by atoms with van der Waals surface area (Å²) < 4.78 is 5.54. The third-order valence-corrected chi connectivity index (χ3v) is 5.84. The van der Waals surface area contributed by atoms with E-state index in [2.05, 4.69) is 0 Å². The van der Waals surface area contributed by atoms with Crippen molar-refractivity contribution in [1.29, 1.82) is 0 Å². The van der Waals surface area contributed by atoms with Gasteiger partial charge >= 0.3 is 5.97 Å². The van der Waals surface area contributed by atoms with Crippen LogP contribution in [0.15, 0.2) is 12.2 Å². The molecule has 1 heterocycles. The predicted octanol–water partition coefficient (Wildman–Crippen LogP) is 1.59. The highest BCUT2D eigenvalue weighted by molar-refractivity contribution is 6.12. The Balaban J connectivity index is 1.53. The monoisotopic (exact) mass is 375 g/mol. The zero-order chi connectivity index (χ0) is 19.6. The maximum atomic E-state index is 12.6. The van der Waals surface area contributed by atoms with Gasteiger partial charge in [-0.15, -0.1) is 0 Å². The number of ketones is 2.